The Kier molecular flexibility index (Phi) is 2.06. The molecule has 0 unspecified atom stereocenters. The van der Waals surface area contributed by atoms with Crippen molar-refractivity contribution in [3.8, 4) is 0 Å². The van der Waals surface area contributed by atoms with Gasteiger partial charge in [-0.15, -0.1) is 0 Å². The topological polar surface area (TPSA) is 34.9 Å². The lowest BCUT2D eigenvalue weighted by Gasteiger charge is -1.88. The molecule has 1 aromatic rings. The van der Waals surface area contributed by atoms with Crippen molar-refractivity contribution in [3.05, 3.63) is 16.9 Å². The van der Waals surface area contributed by atoms with Crippen LogP contribution in [0, 0.1) is 0 Å². The van der Waals surface area contributed by atoms with E-state index in [1.807, 2.05) is 6.92 Å². The average molecular weight is 159 g/mol. The molecule has 0 radical (unpaired) electrons. The minimum atomic E-state index is 0.275. The summed E-state index contributed by atoms with van der Waals surface area (Å²) in [5.41, 5.74) is 0.448. The van der Waals surface area contributed by atoms with E-state index in [0.29, 0.717) is 11.8 Å². The maximum absolute atomic E-state index is 10.2. The van der Waals surface area contributed by atoms with Gasteiger partial charge in [0.25, 0.3) is 0 Å². The van der Waals surface area contributed by atoms with E-state index in [1.165, 1.54) is 0 Å². The lowest BCUT2D eigenvalue weighted by atomic mass is 10.4. The van der Waals surface area contributed by atoms with Crippen LogP contribution in [0.2, 0.25) is 5.15 Å². The van der Waals surface area contributed by atoms with Crippen LogP contribution >= 0.6 is 11.6 Å². The number of aromatic nitrogens is 2. The number of carbonyl (C=O) groups is 1. The molecule has 0 saturated heterocycles. The molecule has 0 amide bonds. The molecular formula is C6H7ClN2O. The van der Waals surface area contributed by atoms with Crippen molar-refractivity contribution < 1.29 is 4.79 Å². The van der Waals surface area contributed by atoms with Crippen molar-refractivity contribution in [1.29, 1.82) is 0 Å². The Morgan fingerprint density at radius 2 is 2.60 bits per heavy atom. The van der Waals surface area contributed by atoms with Crippen molar-refractivity contribution in [2.24, 2.45) is 0 Å². The summed E-state index contributed by atoms with van der Waals surface area (Å²) in [6, 6.07) is 0. The molecule has 4 heteroatoms. The van der Waals surface area contributed by atoms with Crippen molar-refractivity contribution in [1.82, 2.24) is 9.78 Å². The standard InChI is InChI=1S/C6H7ClN2O/c1-2-9-3-5(4-10)6(7)8-9/h3-4H,2H2,1H3. The van der Waals surface area contributed by atoms with Crippen LogP contribution in [-0.2, 0) is 6.54 Å². The molecule has 1 heterocycles. The zero-order valence-electron chi connectivity index (χ0n) is 5.54. The second kappa shape index (κ2) is 2.84. The van der Waals surface area contributed by atoms with Gasteiger partial charge < -0.3 is 0 Å². The lowest BCUT2D eigenvalue weighted by molar-refractivity contribution is 0.112. The van der Waals surface area contributed by atoms with Gasteiger partial charge in [-0.25, -0.2) is 0 Å². The maximum Gasteiger partial charge on any atom is 0.161 e. The van der Waals surface area contributed by atoms with Crippen molar-refractivity contribution in [2.75, 3.05) is 0 Å². The SMILES string of the molecule is CCn1cc(C=O)c(Cl)n1. The molecule has 0 aliphatic carbocycles. The van der Waals surface area contributed by atoms with Crippen LogP contribution in [0.15, 0.2) is 6.20 Å². The van der Waals surface area contributed by atoms with Crippen molar-refractivity contribution in [2.45, 2.75) is 13.5 Å². The highest BCUT2D eigenvalue weighted by molar-refractivity contribution is 6.31. The van der Waals surface area contributed by atoms with Gasteiger partial charge in [-0.05, 0) is 6.92 Å². The van der Waals surface area contributed by atoms with Gasteiger partial charge in [-0.3, -0.25) is 9.48 Å². The molecule has 0 fully saturated rings. The van der Waals surface area contributed by atoms with Gasteiger partial charge >= 0.3 is 0 Å². The van der Waals surface area contributed by atoms with Crippen LogP contribution in [0.3, 0.4) is 0 Å². The summed E-state index contributed by atoms with van der Waals surface area (Å²) in [5, 5.41) is 4.13. The van der Waals surface area contributed by atoms with Gasteiger partial charge in [0.1, 0.15) is 0 Å². The largest absolute Gasteiger partial charge is 0.298 e. The minimum absolute atomic E-state index is 0.275. The summed E-state index contributed by atoms with van der Waals surface area (Å²) in [4.78, 5) is 10.2. The molecule has 0 aromatic carbocycles. The summed E-state index contributed by atoms with van der Waals surface area (Å²) in [5.74, 6) is 0. The quantitative estimate of drug-likeness (QED) is 0.610. The summed E-state index contributed by atoms with van der Waals surface area (Å²) in [6.07, 6.45) is 2.32. The first kappa shape index (κ1) is 7.28. The molecule has 0 aliphatic rings. The van der Waals surface area contributed by atoms with E-state index < -0.39 is 0 Å². The van der Waals surface area contributed by atoms with Crippen molar-refractivity contribution >= 4 is 17.9 Å². The minimum Gasteiger partial charge on any atom is -0.298 e. The van der Waals surface area contributed by atoms with E-state index in [9.17, 15) is 4.79 Å². The van der Waals surface area contributed by atoms with Crippen LogP contribution in [-0.4, -0.2) is 16.1 Å². The van der Waals surface area contributed by atoms with E-state index >= 15 is 0 Å². The highest BCUT2D eigenvalue weighted by atomic mass is 35.5. The summed E-state index contributed by atoms with van der Waals surface area (Å²) in [7, 11) is 0. The predicted molar refractivity (Wildman–Crippen MR) is 38.3 cm³/mol. The highest BCUT2D eigenvalue weighted by Gasteiger charge is 2.02. The third kappa shape index (κ3) is 1.19. The van der Waals surface area contributed by atoms with E-state index in [4.69, 9.17) is 11.6 Å². The van der Waals surface area contributed by atoms with E-state index in [-0.39, 0.29) is 5.15 Å². The first-order chi connectivity index (χ1) is 4.77. The van der Waals surface area contributed by atoms with E-state index in [2.05, 4.69) is 5.10 Å². The van der Waals surface area contributed by atoms with Crippen LogP contribution < -0.4 is 0 Å². The number of hydrogen-bond acceptors (Lipinski definition) is 2. The van der Waals surface area contributed by atoms with Gasteiger partial charge in [-0.2, -0.15) is 5.10 Å². The van der Waals surface area contributed by atoms with Crippen LogP contribution in [0.1, 0.15) is 17.3 Å². The Balaban J connectivity index is 3.03. The predicted octanol–water partition coefficient (Wildman–Crippen LogP) is 1.37. The summed E-state index contributed by atoms with van der Waals surface area (Å²) < 4.78 is 1.62. The Morgan fingerprint density at radius 1 is 1.90 bits per heavy atom. The van der Waals surface area contributed by atoms with Gasteiger partial charge in [0.05, 0.1) is 5.56 Å². The lowest BCUT2D eigenvalue weighted by Crippen LogP contribution is -1.92. The fourth-order valence-electron chi connectivity index (χ4n) is 0.654. The normalized spacial score (nSPS) is 9.80. The molecule has 0 saturated carbocycles. The number of nitrogens with zero attached hydrogens (tertiary/aromatic N) is 2. The second-order valence-electron chi connectivity index (χ2n) is 1.85. The van der Waals surface area contributed by atoms with Gasteiger partial charge in [0, 0.05) is 12.7 Å². The number of hydrogen-bond donors (Lipinski definition) is 0. The Morgan fingerprint density at radius 3 is 2.90 bits per heavy atom. The average Bonchev–Trinajstić information content (AvgIpc) is 2.30. The molecule has 0 aliphatic heterocycles. The molecule has 10 heavy (non-hydrogen) atoms. The fraction of sp³-hybridized carbons (Fsp3) is 0.333. The van der Waals surface area contributed by atoms with Gasteiger partial charge in [-0.1, -0.05) is 11.6 Å². The number of rotatable bonds is 2. The Bertz CT molecular complexity index is 244. The zero-order valence-corrected chi connectivity index (χ0v) is 6.30. The monoisotopic (exact) mass is 158 g/mol. The Hall–Kier alpha value is -0.830. The molecule has 1 aromatic heterocycles. The first-order valence-electron chi connectivity index (χ1n) is 2.96. The molecule has 1 rings (SSSR count). The van der Waals surface area contributed by atoms with Gasteiger partial charge in [0.2, 0.25) is 0 Å². The fourth-order valence-corrected chi connectivity index (χ4v) is 0.845. The molecule has 3 nitrogen and oxygen atoms in total. The molecule has 0 bridgehead atoms. The molecule has 0 spiro atoms. The zero-order chi connectivity index (χ0) is 7.56. The van der Waals surface area contributed by atoms with Crippen LogP contribution in [0.25, 0.3) is 0 Å². The first-order valence-corrected chi connectivity index (χ1v) is 3.34. The van der Waals surface area contributed by atoms with Crippen molar-refractivity contribution in [3.63, 3.8) is 0 Å². The van der Waals surface area contributed by atoms with E-state index in [0.717, 1.165) is 6.54 Å². The summed E-state index contributed by atoms with van der Waals surface area (Å²) in [6.45, 7) is 2.66. The summed E-state index contributed by atoms with van der Waals surface area (Å²) >= 11 is 5.56. The number of halogens is 1. The second-order valence-corrected chi connectivity index (χ2v) is 2.21. The molecule has 0 atom stereocenters. The number of carbonyl (C=O) groups excluding carboxylic acids is 1. The van der Waals surface area contributed by atoms with Crippen LogP contribution in [0.5, 0.6) is 0 Å². The van der Waals surface area contributed by atoms with Gasteiger partial charge in [0.15, 0.2) is 11.4 Å². The number of aldehydes is 1. The molecule has 0 N–H and O–H groups in total. The smallest absolute Gasteiger partial charge is 0.161 e. The third-order valence-electron chi connectivity index (χ3n) is 1.19. The van der Waals surface area contributed by atoms with Crippen LogP contribution in [0.4, 0.5) is 0 Å². The van der Waals surface area contributed by atoms with E-state index in [1.54, 1.807) is 10.9 Å². The molecular weight excluding hydrogens is 152 g/mol. The highest BCUT2D eigenvalue weighted by Crippen LogP contribution is 2.09. The molecule has 54 valence electrons. The number of aryl methyl sites for hydroxylation is 1. The Labute approximate surface area is 63.6 Å². The maximum atomic E-state index is 10.2. The third-order valence-corrected chi connectivity index (χ3v) is 1.49.